The highest BCUT2D eigenvalue weighted by Crippen LogP contribution is 2.67. The van der Waals surface area contributed by atoms with Gasteiger partial charge in [-0.1, -0.05) is 24.6 Å². The summed E-state index contributed by atoms with van der Waals surface area (Å²) < 4.78 is 21.7. The number of Topliss-reactive ketones (excluding diaryl/α,β-unsaturated/α-hetero) is 1. The minimum Gasteiger partial charge on any atom is -0.457 e. The Balaban J connectivity index is 1.68. The molecule has 0 aromatic heterocycles. The van der Waals surface area contributed by atoms with Crippen molar-refractivity contribution in [1.29, 1.82) is 0 Å². The predicted molar refractivity (Wildman–Crippen MR) is 103 cm³/mol. The number of ketones is 2. The number of carbonyl (C=O) groups excluding carboxylic acids is 3. The summed E-state index contributed by atoms with van der Waals surface area (Å²) in [6, 6.07) is 0. The zero-order chi connectivity index (χ0) is 21.2. The van der Waals surface area contributed by atoms with Crippen molar-refractivity contribution in [2.24, 2.45) is 22.7 Å². The third-order valence-corrected chi connectivity index (χ3v) is 7.93. The number of carbonyl (C=O) groups is 3. The van der Waals surface area contributed by atoms with Crippen molar-refractivity contribution < 1.29 is 28.6 Å². The predicted octanol–water partition coefficient (Wildman–Crippen LogP) is 3.03. The van der Waals surface area contributed by atoms with Crippen LogP contribution in [0.15, 0.2) is 35.5 Å². The topological polar surface area (TPSA) is 80.7 Å². The summed E-state index contributed by atoms with van der Waals surface area (Å²) in [4.78, 5) is 35.6. The van der Waals surface area contributed by atoms with Gasteiger partial charge in [0.1, 0.15) is 0 Å². The summed E-state index contributed by atoms with van der Waals surface area (Å²) in [7, 11) is 0. The van der Waals surface area contributed by atoms with Crippen LogP contribution in [0.2, 0.25) is 0 Å². The van der Waals surface area contributed by atoms with Crippen molar-refractivity contribution in [2.75, 3.05) is 6.61 Å². The van der Waals surface area contributed by atoms with Crippen LogP contribution in [0.4, 0.5) is 4.39 Å². The number of alkyl halides is 1. The van der Waals surface area contributed by atoms with Crippen molar-refractivity contribution in [3.8, 4) is 0 Å². The molecule has 0 aromatic carbocycles. The zero-order valence-electron chi connectivity index (χ0n) is 17.0. The van der Waals surface area contributed by atoms with Gasteiger partial charge in [0.15, 0.2) is 23.8 Å². The molecule has 2 saturated carbocycles. The minimum absolute atomic E-state index is 0.118. The van der Waals surface area contributed by atoms with Crippen molar-refractivity contribution in [2.45, 2.75) is 58.2 Å². The molecule has 4 aliphatic carbocycles. The summed E-state index contributed by atoms with van der Waals surface area (Å²) >= 11 is 0. The van der Waals surface area contributed by atoms with Crippen LogP contribution in [-0.4, -0.2) is 41.0 Å². The summed E-state index contributed by atoms with van der Waals surface area (Å²) in [6.07, 6.45) is 6.89. The standard InChI is InChI=1S/C23H27FO5/c1-13(25)29-12-19(27)18-7-6-16-17-5-4-14-10-15(26)8-9-22(14,3)23(17,24)20(28)11-21(16,18)2/h7-10,16-17,20,28H,4-6,11-12H2,1-3H3/t16-,17-,20+,21-,22+,23-/m1/s1. The Morgan fingerprint density at radius 1 is 1.31 bits per heavy atom. The first-order valence-electron chi connectivity index (χ1n) is 10.2. The number of ether oxygens (including phenoxy) is 1. The zero-order valence-corrected chi connectivity index (χ0v) is 17.0. The van der Waals surface area contributed by atoms with Crippen LogP contribution in [-0.2, 0) is 19.1 Å². The summed E-state index contributed by atoms with van der Waals surface area (Å²) in [5, 5.41) is 11.1. The van der Waals surface area contributed by atoms with E-state index in [1.165, 1.54) is 19.1 Å². The molecule has 1 N–H and O–H groups in total. The Morgan fingerprint density at radius 3 is 2.72 bits per heavy atom. The third kappa shape index (κ3) is 2.64. The highest BCUT2D eigenvalue weighted by atomic mass is 19.1. The maximum Gasteiger partial charge on any atom is 0.303 e. The molecule has 0 radical (unpaired) electrons. The summed E-state index contributed by atoms with van der Waals surface area (Å²) in [5.74, 6) is -1.52. The first kappa shape index (κ1) is 20.2. The van der Waals surface area contributed by atoms with E-state index in [0.717, 1.165) is 5.57 Å². The monoisotopic (exact) mass is 402 g/mol. The van der Waals surface area contributed by atoms with Crippen LogP contribution in [0.3, 0.4) is 0 Å². The van der Waals surface area contributed by atoms with Gasteiger partial charge in [-0.25, -0.2) is 4.39 Å². The van der Waals surface area contributed by atoms with E-state index in [1.807, 2.05) is 13.0 Å². The van der Waals surface area contributed by atoms with E-state index in [2.05, 4.69) is 0 Å². The number of aliphatic hydroxyl groups is 1. The molecule has 6 heteroatoms. The Labute approximate surface area is 169 Å². The van der Waals surface area contributed by atoms with Crippen LogP contribution >= 0.6 is 0 Å². The molecule has 0 aromatic rings. The summed E-state index contributed by atoms with van der Waals surface area (Å²) in [5.41, 5.74) is -2.33. The van der Waals surface area contributed by atoms with Gasteiger partial charge < -0.3 is 9.84 Å². The van der Waals surface area contributed by atoms with E-state index in [-0.39, 0.29) is 30.5 Å². The van der Waals surface area contributed by atoms with Crippen LogP contribution in [0.25, 0.3) is 0 Å². The quantitative estimate of drug-likeness (QED) is 0.734. The molecule has 0 amide bonds. The van der Waals surface area contributed by atoms with Crippen molar-refractivity contribution in [1.82, 2.24) is 0 Å². The number of aliphatic hydroxyl groups excluding tert-OH is 1. The second kappa shape index (κ2) is 6.46. The first-order chi connectivity index (χ1) is 13.5. The van der Waals surface area contributed by atoms with Gasteiger partial charge in [-0.3, -0.25) is 14.4 Å². The second-order valence-electron chi connectivity index (χ2n) is 9.32. The van der Waals surface area contributed by atoms with E-state index >= 15 is 4.39 Å². The van der Waals surface area contributed by atoms with E-state index < -0.39 is 34.5 Å². The molecule has 0 aliphatic heterocycles. The maximum absolute atomic E-state index is 16.8. The van der Waals surface area contributed by atoms with E-state index in [9.17, 15) is 19.5 Å². The Hall–Kier alpha value is -2.08. The third-order valence-electron chi connectivity index (χ3n) is 7.93. The Bertz CT molecular complexity index is 886. The van der Waals surface area contributed by atoms with Crippen LogP contribution < -0.4 is 0 Å². The maximum atomic E-state index is 16.8. The fraction of sp³-hybridized carbons (Fsp3) is 0.609. The Kier molecular flexibility index (Phi) is 4.50. The molecule has 6 atom stereocenters. The fourth-order valence-electron chi connectivity index (χ4n) is 6.46. The number of esters is 1. The molecular formula is C23H27FO5. The molecule has 0 spiro atoms. The molecule has 29 heavy (non-hydrogen) atoms. The molecule has 0 saturated heterocycles. The van der Waals surface area contributed by atoms with E-state index in [4.69, 9.17) is 4.74 Å². The molecule has 0 heterocycles. The molecule has 2 fully saturated rings. The number of hydrogen-bond donors (Lipinski definition) is 1. The van der Waals surface area contributed by atoms with Gasteiger partial charge in [-0.15, -0.1) is 0 Å². The number of rotatable bonds is 3. The molecule has 4 aliphatic rings. The molecule has 5 nitrogen and oxygen atoms in total. The van der Waals surface area contributed by atoms with Gasteiger partial charge in [0.2, 0.25) is 0 Å². The van der Waals surface area contributed by atoms with Gasteiger partial charge in [0.25, 0.3) is 0 Å². The van der Waals surface area contributed by atoms with E-state index in [1.54, 1.807) is 13.0 Å². The van der Waals surface area contributed by atoms with Crippen LogP contribution in [0, 0.1) is 22.7 Å². The minimum atomic E-state index is -1.90. The smallest absolute Gasteiger partial charge is 0.303 e. The van der Waals surface area contributed by atoms with Crippen LogP contribution in [0.5, 0.6) is 0 Å². The average Bonchev–Trinajstić information content (AvgIpc) is 2.98. The van der Waals surface area contributed by atoms with Crippen molar-refractivity contribution in [3.63, 3.8) is 0 Å². The number of fused-ring (bicyclic) bond motifs is 5. The van der Waals surface area contributed by atoms with Gasteiger partial charge in [0, 0.05) is 29.2 Å². The lowest BCUT2D eigenvalue weighted by Crippen LogP contribution is -2.66. The number of halogens is 1. The highest BCUT2D eigenvalue weighted by Gasteiger charge is 2.69. The number of hydrogen-bond acceptors (Lipinski definition) is 5. The van der Waals surface area contributed by atoms with Gasteiger partial charge in [0.05, 0.1) is 6.10 Å². The van der Waals surface area contributed by atoms with E-state index in [0.29, 0.717) is 24.8 Å². The largest absolute Gasteiger partial charge is 0.457 e. The average molecular weight is 402 g/mol. The highest BCUT2D eigenvalue weighted by molar-refractivity contribution is 6.01. The fourth-order valence-corrected chi connectivity index (χ4v) is 6.46. The summed E-state index contributed by atoms with van der Waals surface area (Å²) in [6.45, 7) is 4.60. The second-order valence-corrected chi connectivity index (χ2v) is 9.32. The lowest BCUT2D eigenvalue weighted by molar-refractivity contribution is -0.185. The number of allylic oxidation sites excluding steroid dienone is 5. The first-order valence-corrected chi connectivity index (χ1v) is 10.2. The van der Waals surface area contributed by atoms with Crippen molar-refractivity contribution >= 4 is 17.5 Å². The molecular weight excluding hydrogens is 375 g/mol. The van der Waals surface area contributed by atoms with Crippen molar-refractivity contribution in [3.05, 3.63) is 35.5 Å². The molecule has 156 valence electrons. The SMILES string of the molecule is CC(=O)OCC(=O)C1=CC[C@@H]2[C@H]3CCC4=CC(=O)C=C[C@]4(C)[C@]3(F)[C@@H](O)C[C@@]12C. The van der Waals surface area contributed by atoms with Gasteiger partial charge >= 0.3 is 5.97 Å². The normalized spacial score (nSPS) is 42.9. The van der Waals surface area contributed by atoms with Gasteiger partial charge in [-0.05, 0) is 50.7 Å². The molecule has 4 rings (SSSR count). The Morgan fingerprint density at radius 2 is 2.03 bits per heavy atom. The van der Waals surface area contributed by atoms with Gasteiger partial charge in [-0.2, -0.15) is 0 Å². The van der Waals surface area contributed by atoms with Crippen LogP contribution in [0.1, 0.15) is 46.5 Å². The molecule has 0 bridgehead atoms. The lowest BCUT2D eigenvalue weighted by atomic mass is 9.45. The lowest BCUT2D eigenvalue weighted by Gasteiger charge is -2.61. The molecule has 0 unspecified atom stereocenters.